The number of hydrogen-bond donors (Lipinski definition) is 0. The van der Waals surface area contributed by atoms with Crippen molar-refractivity contribution in [1.29, 1.82) is 0 Å². The van der Waals surface area contributed by atoms with Gasteiger partial charge in [-0.05, 0) is 76.6 Å². The fourth-order valence-corrected chi connectivity index (χ4v) is 5.61. The minimum absolute atomic E-state index is 0.140. The zero-order valence-electron chi connectivity index (χ0n) is 17.5. The highest BCUT2D eigenvalue weighted by atomic mass is 79.9. The SMILES string of the molecule is C=CC(=O)OC(CC)Cn1c(=O)n(CC(CC)OC(=O)C=C)c2c(Br)c(Br)c(Br)c(Br)c21. The van der Waals surface area contributed by atoms with Gasteiger partial charge in [-0.15, -0.1) is 0 Å². The Morgan fingerprint density at radius 1 is 0.812 bits per heavy atom. The van der Waals surface area contributed by atoms with Gasteiger partial charge in [0.1, 0.15) is 12.2 Å². The van der Waals surface area contributed by atoms with Gasteiger partial charge >= 0.3 is 17.6 Å². The van der Waals surface area contributed by atoms with Crippen LogP contribution in [0, 0.1) is 0 Å². The standard InChI is InChI=1S/C21H22Br4N2O5/c1-5-11(31-13(28)7-3)9-26-19-17(24)15(22)16(23)18(25)20(19)27(21(26)30)10-12(6-2)32-14(29)8-4/h7-8,11-12H,3-6,9-10H2,1-2H3. The number of carbonyl (C=O) groups is 2. The topological polar surface area (TPSA) is 79.5 Å². The van der Waals surface area contributed by atoms with Crippen LogP contribution in [0.1, 0.15) is 26.7 Å². The van der Waals surface area contributed by atoms with E-state index in [1.165, 1.54) is 0 Å². The van der Waals surface area contributed by atoms with E-state index in [-0.39, 0.29) is 18.8 Å². The minimum atomic E-state index is -0.555. The molecule has 0 aliphatic carbocycles. The van der Waals surface area contributed by atoms with Crippen LogP contribution in [0.5, 0.6) is 0 Å². The number of ether oxygens (including phenoxy) is 2. The van der Waals surface area contributed by atoms with Gasteiger partial charge in [-0.1, -0.05) is 27.0 Å². The molecule has 2 aromatic rings. The summed E-state index contributed by atoms with van der Waals surface area (Å²) in [6.45, 7) is 10.9. The third-order valence-electron chi connectivity index (χ3n) is 4.80. The van der Waals surface area contributed by atoms with Gasteiger partial charge in [-0.2, -0.15) is 0 Å². The molecule has 0 saturated heterocycles. The van der Waals surface area contributed by atoms with Gasteiger partial charge in [0, 0.05) is 21.1 Å². The van der Waals surface area contributed by atoms with Gasteiger partial charge < -0.3 is 9.47 Å². The van der Waals surface area contributed by atoms with Crippen molar-refractivity contribution in [2.45, 2.75) is 52.0 Å². The van der Waals surface area contributed by atoms with Crippen LogP contribution in [0.25, 0.3) is 11.0 Å². The molecule has 0 N–H and O–H groups in total. The summed E-state index contributed by atoms with van der Waals surface area (Å²) in [4.78, 5) is 37.0. The number of hydrogen-bond acceptors (Lipinski definition) is 5. The van der Waals surface area contributed by atoms with Crippen molar-refractivity contribution in [3.05, 3.63) is 53.7 Å². The van der Waals surface area contributed by atoms with Crippen molar-refractivity contribution in [3.8, 4) is 0 Å². The first-order chi connectivity index (χ1) is 15.1. The molecule has 0 spiro atoms. The third-order valence-corrected chi connectivity index (χ3v) is 9.53. The fraction of sp³-hybridized carbons (Fsp3) is 0.381. The normalized spacial score (nSPS) is 12.9. The Kier molecular flexibility index (Phi) is 9.99. The molecule has 0 bridgehead atoms. The highest BCUT2D eigenvalue weighted by Crippen LogP contribution is 2.43. The van der Waals surface area contributed by atoms with Crippen molar-refractivity contribution in [1.82, 2.24) is 9.13 Å². The average molecular weight is 702 g/mol. The summed E-state index contributed by atoms with van der Waals surface area (Å²) in [5.41, 5.74) is 0.887. The van der Waals surface area contributed by atoms with E-state index in [1.807, 2.05) is 13.8 Å². The van der Waals surface area contributed by atoms with E-state index in [4.69, 9.17) is 9.47 Å². The number of esters is 2. The second-order valence-corrected chi connectivity index (χ2v) is 9.97. The zero-order valence-corrected chi connectivity index (χ0v) is 23.8. The smallest absolute Gasteiger partial charge is 0.330 e. The lowest BCUT2D eigenvalue weighted by Crippen LogP contribution is -2.33. The molecule has 0 aliphatic heterocycles. The van der Waals surface area contributed by atoms with Crippen molar-refractivity contribution in [3.63, 3.8) is 0 Å². The lowest BCUT2D eigenvalue weighted by Gasteiger charge is -2.16. The van der Waals surface area contributed by atoms with Crippen LogP contribution in [0.15, 0.2) is 48.0 Å². The average Bonchev–Trinajstić information content (AvgIpc) is 3.06. The first-order valence-electron chi connectivity index (χ1n) is 9.72. The molecule has 2 atom stereocenters. The molecular weight excluding hydrogens is 680 g/mol. The largest absolute Gasteiger partial charge is 0.457 e. The summed E-state index contributed by atoms with van der Waals surface area (Å²) in [6, 6.07) is 0. The van der Waals surface area contributed by atoms with Crippen LogP contribution in [-0.4, -0.2) is 33.3 Å². The monoisotopic (exact) mass is 698 g/mol. The summed E-state index contributed by atoms with van der Waals surface area (Å²) in [7, 11) is 0. The van der Waals surface area contributed by atoms with E-state index >= 15 is 0 Å². The molecule has 0 aliphatic rings. The number of benzene rings is 1. The van der Waals surface area contributed by atoms with E-state index < -0.39 is 24.1 Å². The Bertz CT molecular complexity index is 1040. The van der Waals surface area contributed by atoms with Crippen molar-refractivity contribution >= 4 is 86.7 Å². The first kappa shape index (κ1) is 27.1. The van der Waals surface area contributed by atoms with E-state index in [2.05, 4.69) is 76.9 Å². The van der Waals surface area contributed by atoms with Crippen LogP contribution < -0.4 is 5.69 Å². The quantitative estimate of drug-likeness (QED) is 0.134. The van der Waals surface area contributed by atoms with Crippen molar-refractivity contribution < 1.29 is 19.1 Å². The molecule has 0 fully saturated rings. The predicted molar refractivity (Wildman–Crippen MR) is 138 cm³/mol. The second-order valence-electron chi connectivity index (χ2n) is 6.80. The number of nitrogens with zero attached hydrogens (tertiary/aromatic N) is 2. The maximum absolute atomic E-state index is 13.6. The van der Waals surface area contributed by atoms with Gasteiger partial charge in [0.2, 0.25) is 0 Å². The molecule has 32 heavy (non-hydrogen) atoms. The van der Waals surface area contributed by atoms with Crippen molar-refractivity contribution in [2.24, 2.45) is 0 Å². The Morgan fingerprint density at radius 2 is 1.16 bits per heavy atom. The molecule has 0 radical (unpaired) electrons. The molecule has 0 saturated carbocycles. The van der Waals surface area contributed by atoms with Gasteiger partial charge in [0.05, 0.1) is 33.1 Å². The van der Waals surface area contributed by atoms with Crippen LogP contribution in [0.3, 0.4) is 0 Å². The number of fused-ring (bicyclic) bond motifs is 1. The molecule has 174 valence electrons. The molecule has 0 amide bonds. The Hall–Kier alpha value is -1.17. The number of imidazole rings is 1. The lowest BCUT2D eigenvalue weighted by atomic mass is 10.2. The molecule has 7 nitrogen and oxygen atoms in total. The third kappa shape index (κ3) is 5.66. The molecule has 1 aromatic carbocycles. The molecule has 2 rings (SSSR count). The second kappa shape index (κ2) is 11.8. The van der Waals surface area contributed by atoms with Crippen LogP contribution in [0.2, 0.25) is 0 Å². The Labute approximate surface area is 219 Å². The van der Waals surface area contributed by atoms with E-state index in [1.54, 1.807) is 9.13 Å². The predicted octanol–water partition coefficient (Wildman–Crippen LogP) is 5.87. The lowest BCUT2D eigenvalue weighted by molar-refractivity contribution is -0.144. The first-order valence-corrected chi connectivity index (χ1v) is 12.9. The van der Waals surface area contributed by atoms with Gasteiger partial charge in [0.25, 0.3) is 0 Å². The Balaban J connectivity index is 2.72. The summed E-state index contributed by atoms with van der Waals surface area (Å²) >= 11 is 14.2. The maximum Gasteiger partial charge on any atom is 0.330 e. The van der Waals surface area contributed by atoms with Crippen LogP contribution >= 0.6 is 63.7 Å². The summed E-state index contributed by atoms with van der Waals surface area (Å²) in [5, 5.41) is 0. The minimum Gasteiger partial charge on any atom is -0.457 e. The fourth-order valence-electron chi connectivity index (χ4n) is 3.11. The number of aromatic nitrogens is 2. The number of halogens is 4. The molecule has 2 unspecified atom stereocenters. The Morgan fingerprint density at radius 3 is 1.44 bits per heavy atom. The zero-order chi connectivity index (χ0) is 24.2. The molecule has 1 heterocycles. The maximum atomic E-state index is 13.6. The number of carbonyl (C=O) groups excluding carboxylic acids is 2. The van der Waals surface area contributed by atoms with Gasteiger partial charge in [-0.25, -0.2) is 14.4 Å². The van der Waals surface area contributed by atoms with Gasteiger partial charge in [-0.3, -0.25) is 9.13 Å². The van der Waals surface area contributed by atoms with E-state index in [0.29, 0.717) is 41.8 Å². The van der Waals surface area contributed by atoms with E-state index in [9.17, 15) is 14.4 Å². The highest BCUT2D eigenvalue weighted by molar-refractivity contribution is 9.15. The van der Waals surface area contributed by atoms with E-state index in [0.717, 1.165) is 12.2 Å². The summed E-state index contributed by atoms with van der Waals surface area (Å²) in [5.74, 6) is -1.11. The number of rotatable bonds is 10. The molecule has 11 heteroatoms. The summed E-state index contributed by atoms with van der Waals surface area (Å²) < 4.78 is 16.6. The van der Waals surface area contributed by atoms with Gasteiger partial charge in [0.15, 0.2) is 0 Å². The highest BCUT2D eigenvalue weighted by Gasteiger charge is 2.27. The van der Waals surface area contributed by atoms with Crippen molar-refractivity contribution in [2.75, 3.05) is 0 Å². The molecule has 1 aromatic heterocycles. The summed E-state index contributed by atoms with van der Waals surface area (Å²) in [6.07, 6.45) is 2.12. The molecular formula is C21H22Br4N2O5. The van der Waals surface area contributed by atoms with Crippen LogP contribution in [-0.2, 0) is 32.2 Å². The van der Waals surface area contributed by atoms with Crippen LogP contribution in [0.4, 0.5) is 0 Å².